The average Bonchev–Trinajstić information content (AvgIpc) is 3.85. The van der Waals surface area contributed by atoms with E-state index in [-0.39, 0.29) is 37.1 Å². The first kappa shape index (κ1) is 46.0. The Hall–Kier alpha value is -5.99. The zero-order valence-corrected chi connectivity index (χ0v) is 38.9. The topological polar surface area (TPSA) is 146 Å². The maximum absolute atomic E-state index is 12.9. The van der Waals surface area contributed by atoms with E-state index in [0.717, 1.165) is 10.4 Å². The van der Waals surface area contributed by atoms with Crippen LogP contribution in [0, 0.1) is 0 Å². The van der Waals surface area contributed by atoms with Crippen LogP contribution in [0.15, 0.2) is 182 Å². The fourth-order valence-electron chi connectivity index (χ4n) is 8.45. The first-order valence-corrected chi connectivity index (χ1v) is 26.1. The highest BCUT2D eigenvalue weighted by Gasteiger charge is 2.50. The number of carbonyl (C=O) groups excluding carboxylic acids is 2. The van der Waals surface area contributed by atoms with Gasteiger partial charge in [0.25, 0.3) is 8.32 Å². The number of benzene rings is 5. The van der Waals surface area contributed by atoms with Crippen LogP contribution in [0.3, 0.4) is 0 Å². The van der Waals surface area contributed by atoms with E-state index < -0.39 is 38.1 Å². The Labute approximate surface area is 377 Å². The molecule has 1 aromatic heterocycles. The normalized spacial score (nSPS) is 15.4. The van der Waals surface area contributed by atoms with Gasteiger partial charge in [-0.05, 0) is 64.8 Å². The van der Waals surface area contributed by atoms with Crippen molar-refractivity contribution in [1.82, 2.24) is 19.7 Å². The van der Waals surface area contributed by atoms with Crippen molar-refractivity contribution < 1.29 is 31.3 Å². The van der Waals surface area contributed by atoms with Gasteiger partial charge in [0.2, 0.25) is 16.3 Å². The summed E-state index contributed by atoms with van der Waals surface area (Å²) in [5.74, 6) is 2.45. The monoisotopic (exact) mass is 913 g/mol. The van der Waals surface area contributed by atoms with Crippen LogP contribution in [-0.2, 0) is 23.9 Å². The standard InChI is InChI=1S/C28H33N5O7SSi.C21H20P/c1-28(2,3)42(23-10-6-4-7-11-23,24-12-8-5-9-13-24)39-17-15-26(34)29-25-14-16-32(30-25)21-18-22-20-31(19-21)27(35)33(22)40-41(36,37)38;1-2-18-22(19-12-6-3-7-13-19,20-14-8-4-9-15-20)21-16-10-5-11-17-21/h4-14,16,18,22H,15,17,19-20H2,1-3H3,(H,29,30,34)(H,36,37,38);2-18H,1H3/q;+1/p-1/b;18-2+. The largest absolute Gasteiger partial charge is 0.724 e. The van der Waals surface area contributed by atoms with Crippen LogP contribution in [0.1, 0.15) is 34.1 Å². The zero-order chi connectivity index (χ0) is 45.4. The van der Waals surface area contributed by atoms with E-state index in [1.807, 2.05) is 36.4 Å². The van der Waals surface area contributed by atoms with Crippen LogP contribution in [0.2, 0.25) is 5.04 Å². The van der Waals surface area contributed by atoms with E-state index in [2.05, 4.69) is 170 Å². The maximum atomic E-state index is 12.9. The van der Waals surface area contributed by atoms with Crippen molar-refractivity contribution in [2.24, 2.45) is 0 Å². The molecule has 1 N–H and O–H groups in total. The lowest BCUT2D eigenvalue weighted by Gasteiger charge is -2.43. The molecule has 8 rings (SSSR count). The highest BCUT2D eigenvalue weighted by atomic mass is 32.3. The average molecular weight is 914 g/mol. The van der Waals surface area contributed by atoms with Gasteiger partial charge in [-0.1, -0.05) is 142 Å². The van der Waals surface area contributed by atoms with Gasteiger partial charge in [-0.25, -0.2) is 17.9 Å². The van der Waals surface area contributed by atoms with Gasteiger partial charge in [0, 0.05) is 31.8 Å². The molecule has 1 fully saturated rings. The van der Waals surface area contributed by atoms with Gasteiger partial charge >= 0.3 is 6.03 Å². The van der Waals surface area contributed by atoms with Crippen LogP contribution < -0.4 is 31.6 Å². The molecule has 2 aliphatic heterocycles. The molecular weight excluding hydrogens is 862 g/mol. The number of fused-ring (bicyclic) bond motifs is 2. The summed E-state index contributed by atoms with van der Waals surface area (Å²) in [6.07, 6.45) is 5.52. The molecule has 2 bridgehead atoms. The molecule has 0 saturated carbocycles. The smallest absolute Gasteiger partial charge is 0.346 e. The zero-order valence-electron chi connectivity index (χ0n) is 36.2. The Balaban J connectivity index is 0.000000233. The molecule has 12 nitrogen and oxygen atoms in total. The van der Waals surface area contributed by atoms with Crippen LogP contribution >= 0.6 is 7.26 Å². The molecule has 3 heterocycles. The molecule has 1 atom stereocenters. The molecule has 64 heavy (non-hydrogen) atoms. The van der Waals surface area contributed by atoms with Crippen LogP contribution in [0.4, 0.5) is 10.6 Å². The molecule has 2 aliphatic rings. The van der Waals surface area contributed by atoms with Gasteiger partial charge in [-0.2, -0.15) is 14.4 Å². The molecular formula is C49H52N5O7PSSi. The van der Waals surface area contributed by atoms with Gasteiger partial charge < -0.3 is 19.2 Å². The predicted octanol–water partition coefficient (Wildman–Crippen LogP) is 6.65. The SMILES string of the molecule is C/C=C/[P+](c1ccccc1)(c1ccccc1)c1ccccc1.CC(C)(C)[Si](OCCC(=O)Nc1ccn(C2=CC3CN(C2)C(=O)N3OS(=O)(=O)[O-])n1)(c1ccccc1)c1ccccc1. The lowest BCUT2D eigenvalue weighted by molar-refractivity contribution is -0.116. The summed E-state index contributed by atoms with van der Waals surface area (Å²) in [6, 6.07) is 53.1. The number of aromatic nitrogens is 2. The van der Waals surface area contributed by atoms with Crippen molar-refractivity contribution >= 4 is 75.7 Å². The second-order valence-corrected chi connectivity index (χ2v) is 24.9. The fraction of sp³-hybridized carbons (Fsp3) is 0.204. The van der Waals surface area contributed by atoms with Crippen LogP contribution in [0.5, 0.6) is 0 Å². The number of hydroxylamine groups is 2. The number of carbonyl (C=O) groups is 2. The lowest BCUT2D eigenvalue weighted by atomic mass is 10.2. The summed E-state index contributed by atoms with van der Waals surface area (Å²) >= 11 is 0. The summed E-state index contributed by atoms with van der Waals surface area (Å²) in [6.45, 7) is 9.14. The van der Waals surface area contributed by atoms with Gasteiger partial charge in [-0.3, -0.25) is 4.79 Å². The third-order valence-corrected chi connectivity index (χ3v) is 20.6. The highest BCUT2D eigenvalue weighted by Crippen LogP contribution is 2.56. The lowest BCUT2D eigenvalue weighted by Crippen LogP contribution is -2.66. The van der Waals surface area contributed by atoms with Gasteiger partial charge in [0.05, 0.1) is 18.1 Å². The molecule has 0 aliphatic carbocycles. The van der Waals surface area contributed by atoms with Crippen LogP contribution in [-0.4, -0.2) is 78.7 Å². The minimum atomic E-state index is -5.11. The molecule has 0 radical (unpaired) electrons. The Kier molecular flexibility index (Phi) is 14.2. The van der Waals surface area contributed by atoms with E-state index in [9.17, 15) is 22.6 Å². The molecule has 15 heteroatoms. The number of nitrogens with zero attached hydrogens (tertiary/aromatic N) is 4. The van der Waals surface area contributed by atoms with E-state index in [0.29, 0.717) is 16.6 Å². The van der Waals surface area contributed by atoms with E-state index in [4.69, 9.17) is 4.43 Å². The number of hydrogen-bond donors (Lipinski definition) is 1. The number of amides is 3. The number of hydrogen-bond acceptors (Lipinski definition) is 8. The first-order chi connectivity index (χ1) is 30.7. The Bertz CT molecular complexity index is 2550. The third-order valence-electron chi connectivity index (χ3n) is 11.2. The number of urea groups is 1. The van der Waals surface area contributed by atoms with Crippen LogP contribution in [0.25, 0.3) is 5.70 Å². The Morgan fingerprint density at radius 3 is 1.75 bits per heavy atom. The van der Waals surface area contributed by atoms with Crippen molar-refractivity contribution in [3.63, 3.8) is 0 Å². The van der Waals surface area contributed by atoms with E-state index in [1.165, 1.54) is 25.5 Å². The molecule has 330 valence electrons. The fourth-order valence-corrected chi connectivity index (χ4v) is 17.2. The Morgan fingerprint density at radius 1 is 0.812 bits per heavy atom. The van der Waals surface area contributed by atoms with Crippen molar-refractivity contribution in [3.8, 4) is 0 Å². The van der Waals surface area contributed by atoms with Crippen molar-refractivity contribution in [2.75, 3.05) is 25.0 Å². The molecule has 0 spiro atoms. The minimum Gasteiger partial charge on any atom is -0.724 e. The maximum Gasteiger partial charge on any atom is 0.346 e. The van der Waals surface area contributed by atoms with Gasteiger partial charge in [-0.15, -0.1) is 0 Å². The second kappa shape index (κ2) is 19.8. The summed E-state index contributed by atoms with van der Waals surface area (Å²) in [5.41, 5.74) is 0.560. The summed E-state index contributed by atoms with van der Waals surface area (Å²) in [5, 5.41) is 14.0. The Morgan fingerprint density at radius 2 is 1.30 bits per heavy atom. The molecule has 3 amide bonds. The second-order valence-electron chi connectivity index (χ2n) is 16.4. The first-order valence-electron chi connectivity index (χ1n) is 21.0. The van der Waals surface area contributed by atoms with Gasteiger partial charge in [0.1, 0.15) is 29.2 Å². The summed E-state index contributed by atoms with van der Waals surface area (Å²) in [4.78, 5) is 26.7. The quantitative estimate of drug-likeness (QED) is 0.0554. The van der Waals surface area contributed by atoms with E-state index in [1.54, 1.807) is 18.3 Å². The molecule has 1 saturated heterocycles. The third kappa shape index (κ3) is 10.0. The molecule has 1 unspecified atom stereocenters. The number of anilines is 1. The van der Waals surface area contributed by atoms with Crippen molar-refractivity contribution in [3.05, 3.63) is 182 Å². The molecule has 6 aromatic rings. The van der Waals surface area contributed by atoms with E-state index >= 15 is 0 Å². The van der Waals surface area contributed by atoms with Gasteiger partial charge in [0.15, 0.2) is 5.82 Å². The highest BCUT2D eigenvalue weighted by molar-refractivity contribution is 7.98. The number of rotatable bonds is 14. The van der Waals surface area contributed by atoms with Crippen molar-refractivity contribution in [1.29, 1.82) is 0 Å². The summed E-state index contributed by atoms with van der Waals surface area (Å²) in [7, 11) is -9.61. The number of allylic oxidation sites excluding steroid dienone is 1. The minimum absolute atomic E-state index is 0.111. The summed E-state index contributed by atoms with van der Waals surface area (Å²) < 4.78 is 45.7. The number of nitrogens with one attached hydrogen (secondary N) is 1. The molecule has 5 aromatic carbocycles. The van der Waals surface area contributed by atoms with Crippen molar-refractivity contribution in [2.45, 2.75) is 45.2 Å². The predicted molar refractivity (Wildman–Crippen MR) is 257 cm³/mol.